The Hall–Kier alpha value is -0.940. The van der Waals surface area contributed by atoms with Crippen molar-refractivity contribution >= 4 is 33.0 Å². The second kappa shape index (κ2) is 3.57. The summed E-state index contributed by atoms with van der Waals surface area (Å²) in [5.41, 5.74) is 6.59. The van der Waals surface area contributed by atoms with Crippen molar-refractivity contribution < 1.29 is 8.42 Å². The highest BCUT2D eigenvalue weighted by Crippen LogP contribution is 2.32. The van der Waals surface area contributed by atoms with Crippen LogP contribution in [0.5, 0.6) is 0 Å². The average Bonchev–Trinajstić information content (AvgIpc) is 2.50. The number of nitrogens with zero attached hydrogens (tertiary/aromatic N) is 1. The highest BCUT2D eigenvalue weighted by Gasteiger charge is 2.29. The van der Waals surface area contributed by atoms with E-state index in [0.29, 0.717) is 29.4 Å². The maximum absolute atomic E-state index is 11.7. The minimum Gasteiger partial charge on any atom is -0.399 e. The zero-order chi connectivity index (χ0) is 11.1. The van der Waals surface area contributed by atoms with E-state index in [2.05, 4.69) is 0 Å². The minimum atomic E-state index is -3.19. The van der Waals surface area contributed by atoms with Gasteiger partial charge in [0.25, 0.3) is 0 Å². The summed E-state index contributed by atoms with van der Waals surface area (Å²) < 4.78 is 24.6. The molecule has 0 spiro atoms. The first kappa shape index (κ1) is 10.6. The molecule has 1 aliphatic heterocycles. The third-order valence-corrected chi connectivity index (χ3v) is 4.51. The number of nitrogens with two attached hydrogens (primary N) is 1. The quantitative estimate of drug-likeness (QED) is 0.763. The monoisotopic (exact) mass is 246 g/mol. The van der Waals surface area contributed by atoms with Crippen molar-refractivity contribution in [2.24, 2.45) is 0 Å². The first-order valence-electron chi connectivity index (χ1n) is 4.56. The zero-order valence-electron chi connectivity index (χ0n) is 7.98. The lowest BCUT2D eigenvalue weighted by atomic mass is 10.3. The van der Waals surface area contributed by atoms with E-state index < -0.39 is 10.0 Å². The lowest BCUT2D eigenvalue weighted by Gasteiger charge is -2.18. The third-order valence-electron chi connectivity index (χ3n) is 2.34. The van der Waals surface area contributed by atoms with Crippen molar-refractivity contribution in [2.45, 2.75) is 6.42 Å². The Kier molecular flexibility index (Phi) is 2.52. The fourth-order valence-corrected chi connectivity index (χ4v) is 3.47. The normalized spacial score (nSPS) is 19.4. The number of hydrogen-bond donors (Lipinski definition) is 1. The average molecular weight is 247 g/mol. The van der Waals surface area contributed by atoms with Crippen LogP contribution in [0, 0.1) is 0 Å². The standard InChI is InChI=1S/C9H11ClN2O2S/c10-8-3-2-7(11)6-9(8)12-4-1-5-15(12,13)14/h2-3,6H,1,4-5,11H2. The molecule has 15 heavy (non-hydrogen) atoms. The maximum atomic E-state index is 11.7. The number of anilines is 2. The zero-order valence-corrected chi connectivity index (χ0v) is 9.55. The van der Waals surface area contributed by atoms with Crippen LogP contribution in [-0.4, -0.2) is 20.7 Å². The lowest BCUT2D eigenvalue weighted by molar-refractivity contribution is 0.599. The van der Waals surface area contributed by atoms with E-state index >= 15 is 0 Å². The van der Waals surface area contributed by atoms with Crippen LogP contribution in [-0.2, 0) is 10.0 Å². The van der Waals surface area contributed by atoms with Gasteiger partial charge in [-0.2, -0.15) is 0 Å². The highest BCUT2D eigenvalue weighted by molar-refractivity contribution is 7.93. The van der Waals surface area contributed by atoms with E-state index in [-0.39, 0.29) is 5.75 Å². The number of sulfonamides is 1. The topological polar surface area (TPSA) is 63.4 Å². The molecule has 4 nitrogen and oxygen atoms in total. The first-order valence-corrected chi connectivity index (χ1v) is 6.55. The largest absolute Gasteiger partial charge is 0.399 e. The van der Waals surface area contributed by atoms with Gasteiger partial charge in [0.05, 0.1) is 16.5 Å². The maximum Gasteiger partial charge on any atom is 0.235 e. The highest BCUT2D eigenvalue weighted by atomic mass is 35.5. The Balaban J connectivity index is 2.50. The van der Waals surface area contributed by atoms with Gasteiger partial charge in [0.1, 0.15) is 0 Å². The second-order valence-corrected chi connectivity index (χ2v) is 5.87. The van der Waals surface area contributed by atoms with E-state index in [0.717, 1.165) is 0 Å². The fraction of sp³-hybridized carbons (Fsp3) is 0.333. The number of hydrogen-bond acceptors (Lipinski definition) is 3. The van der Waals surface area contributed by atoms with Crippen LogP contribution < -0.4 is 10.0 Å². The molecule has 1 fully saturated rings. The Morgan fingerprint density at radius 1 is 1.40 bits per heavy atom. The molecule has 0 amide bonds. The van der Waals surface area contributed by atoms with Crippen LogP contribution in [0.15, 0.2) is 18.2 Å². The Labute approximate surface area is 93.7 Å². The third kappa shape index (κ3) is 1.89. The van der Waals surface area contributed by atoms with E-state index in [9.17, 15) is 8.42 Å². The van der Waals surface area contributed by atoms with Crippen molar-refractivity contribution in [1.29, 1.82) is 0 Å². The van der Waals surface area contributed by atoms with Crippen molar-refractivity contribution in [1.82, 2.24) is 0 Å². The van der Waals surface area contributed by atoms with Gasteiger partial charge in [0, 0.05) is 12.2 Å². The van der Waals surface area contributed by atoms with E-state index in [4.69, 9.17) is 17.3 Å². The van der Waals surface area contributed by atoms with Gasteiger partial charge in [-0.05, 0) is 24.6 Å². The molecule has 1 aromatic rings. The van der Waals surface area contributed by atoms with E-state index in [1.165, 1.54) is 4.31 Å². The second-order valence-electron chi connectivity index (χ2n) is 3.45. The van der Waals surface area contributed by atoms with Crippen molar-refractivity contribution in [3.63, 3.8) is 0 Å². The fourth-order valence-electron chi connectivity index (χ4n) is 1.63. The number of rotatable bonds is 1. The summed E-state index contributed by atoms with van der Waals surface area (Å²) in [6.45, 7) is 0.478. The van der Waals surface area contributed by atoms with Crippen LogP contribution in [0.3, 0.4) is 0 Å². The molecule has 0 aromatic heterocycles. The summed E-state index contributed by atoms with van der Waals surface area (Å²) in [4.78, 5) is 0. The molecule has 0 unspecified atom stereocenters. The SMILES string of the molecule is Nc1ccc(Cl)c(N2CCCS2(=O)=O)c1. The van der Waals surface area contributed by atoms with Crippen molar-refractivity contribution in [3.05, 3.63) is 23.2 Å². The van der Waals surface area contributed by atoms with Gasteiger partial charge in [0.15, 0.2) is 0 Å². The molecule has 0 aliphatic carbocycles. The van der Waals surface area contributed by atoms with Crippen LogP contribution >= 0.6 is 11.6 Å². The van der Waals surface area contributed by atoms with Crippen LogP contribution in [0.2, 0.25) is 5.02 Å². The molecule has 0 radical (unpaired) electrons. The number of benzene rings is 1. The van der Waals surface area contributed by atoms with Crippen LogP contribution in [0.25, 0.3) is 0 Å². The molecule has 1 aliphatic rings. The molecule has 2 N–H and O–H groups in total. The first-order chi connectivity index (χ1) is 7.00. The van der Waals surface area contributed by atoms with E-state index in [1.54, 1.807) is 18.2 Å². The lowest BCUT2D eigenvalue weighted by Crippen LogP contribution is -2.25. The van der Waals surface area contributed by atoms with Crippen molar-refractivity contribution in [3.8, 4) is 0 Å². The van der Waals surface area contributed by atoms with Crippen LogP contribution in [0.4, 0.5) is 11.4 Å². The van der Waals surface area contributed by atoms with Gasteiger partial charge in [-0.3, -0.25) is 4.31 Å². The van der Waals surface area contributed by atoms with Gasteiger partial charge in [-0.1, -0.05) is 11.6 Å². The molecule has 0 atom stereocenters. The molecular formula is C9H11ClN2O2S. The smallest absolute Gasteiger partial charge is 0.235 e. The Morgan fingerprint density at radius 3 is 2.73 bits per heavy atom. The minimum absolute atomic E-state index is 0.179. The molecule has 82 valence electrons. The van der Waals surface area contributed by atoms with E-state index in [1.807, 2.05) is 0 Å². The molecule has 1 saturated heterocycles. The summed E-state index contributed by atoms with van der Waals surface area (Å²) in [6.07, 6.45) is 0.632. The van der Waals surface area contributed by atoms with Gasteiger partial charge >= 0.3 is 0 Å². The Morgan fingerprint density at radius 2 is 2.13 bits per heavy atom. The molecule has 0 saturated carbocycles. The molecule has 1 aromatic carbocycles. The van der Waals surface area contributed by atoms with Crippen LogP contribution in [0.1, 0.15) is 6.42 Å². The molecule has 0 bridgehead atoms. The molecule has 6 heteroatoms. The predicted octanol–water partition coefficient (Wildman–Crippen LogP) is 1.46. The summed E-state index contributed by atoms with van der Waals surface area (Å²) in [5, 5.41) is 0.412. The van der Waals surface area contributed by atoms with Gasteiger partial charge in [-0.15, -0.1) is 0 Å². The molecule has 2 rings (SSSR count). The Bertz CT molecular complexity index is 487. The molecular weight excluding hydrogens is 236 g/mol. The summed E-state index contributed by atoms with van der Waals surface area (Å²) in [6, 6.07) is 4.85. The summed E-state index contributed by atoms with van der Waals surface area (Å²) in [7, 11) is -3.19. The van der Waals surface area contributed by atoms with Gasteiger partial charge in [-0.25, -0.2) is 8.42 Å². The molecule has 1 heterocycles. The number of halogens is 1. The van der Waals surface area contributed by atoms with Crippen molar-refractivity contribution in [2.75, 3.05) is 22.3 Å². The predicted molar refractivity (Wildman–Crippen MR) is 61.6 cm³/mol. The number of nitrogen functional groups attached to an aromatic ring is 1. The van der Waals surface area contributed by atoms with Gasteiger partial charge in [0.2, 0.25) is 10.0 Å². The summed E-state index contributed by atoms with van der Waals surface area (Å²) >= 11 is 5.94. The summed E-state index contributed by atoms with van der Waals surface area (Å²) in [5.74, 6) is 0.179. The van der Waals surface area contributed by atoms with Gasteiger partial charge < -0.3 is 5.73 Å².